The Morgan fingerprint density at radius 3 is 2.78 bits per heavy atom. The minimum absolute atomic E-state index is 0.141. The van der Waals surface area contributed by atoms with Crippen molar-refractivity contribution in [3.05, 3.63) is 33.9 Å². The standard InChI is InChI=1S/C11H14N2O5/c1-7(14)9-5-8(13(16)17)3-4-10(9)18-6-11(15)12-2/h3-5,7,14H,6H2,1-2H3,(H,12,15)/t7-/m0/s1. The van der Waals surface area contributed by atoms with E-state index < -0.39 is 11.0 Å². The molecule has 1 aromatic rings. The third-order valence-corrected chi connectivity index (χ3v) is 2.29. The number of likely N-dealkylation sites (N-methyl/N-ethyl adjacent to an activating group) is 1. The molecule has 1 atom stereocenters. The summed E-state index contributed by atoms with van der Waals surface area (Å²) in [5.74, 6) is -0.0795. The molecule has 0 unspecified atom stereocenters. The number of non-ortho nitro benzene ring substituents is 1. The Kier molecular flexibility index (Phi) is 4.61. The van der Waals surface area contributed by atoms with Gasteiger partial charge in [-0.25, -0.2) is 0 Å². The van der Waals surface area contributed by atoms with Crippen LogP contribution in [0, 0.1) is 10.1 Å². The third kappa shape index (κ3) is 3.42. The highest BCUT2D eigenvalue weighted by Crippen LogP contribution is 2.29. The number of rotatable bonds is 5. The summed E-state index contributed by atoms with van der Waals surface area (Å²) in [5, 5.41) is 22.5. The molecule has 0 aliphatic carbocycles. The number of ether oxygens (including phenoxy) is 1. The van der Waals surface area contributed by atoms with Gasteiger partial charge in [0.1, 0.15) is 5.75 Å². The number of hydrogen-bond donors (Lipinski definition) is 2. The molecule has 0 spiro atoms. The highest BCUT2D eigenvalue weighted by molar-refractivity contribution is 5.77. The molecule has 1 rings (SSSR count). The number of benzene rings is 1. The smallest absolute Gasteiger partial charge is 0.270 e. The van der Waals surface area contributed by atoms with E-state index in [9.17, 15) is 20.0 Å². The molecule has 0 saturated carbocycles. The lowest BCUT2D eigenvalue weighted by atomic mass is 10.1. The summed E-state index contributed by atoms with van der Waals surface area (Å²) in [7, 11) is 1.47. The van der Waals surface area contributed by atoms with E-state index in [1.54, 1.807) is 0 Å². The van der Waals surface area contributed by atoms with Gasteiger partial charge in [-0.15, -0.1) is 0 Å². The number of amides is 1. The molecule has 0 aromatic heterocycles. The number of nitro groups is 1. The molecule has 7 nitrogen and oxygen atoms in total. The van der Waals surface area contributed by atoms with Crippen LogP contribution in [-0.4, -0.2) is 29.6 Å². The van der Waals surface area contributed by atoms with E-state index in [0.717, 1.165) is 0 Å². The molecule has 0 fully saturated rings. The Hall–Kier alpha value is -2.15. The number of hydrogen-bond acceptors (Lipinski definition) is 5. The molecule has 0 aliphatic rings. The molecule has 18 heavy (non-hydrogen) atoms. The molecule has 7 heteroatoms. The van der Waals surface area contributed by atoms with Gasteiger partial charge in [0.15, 0.2) is 6.61 Å². The zero-order valence-corrected chi connectivity index (χ0v) is 10.0. The average Bonchev–Trinajstić information content (AvgIpc) is 2.35. The van der Waals surface area contributed by atoms with E-state index in [2.05, 4.69) is 5.32 Å². The Morgan fingerprint density at radius 2 is 2.28 bits per heavy atom. The van der Waals surface area contributed by atoms with Crippen LogP contribution in [0.4, 0.5) is 5.69 Å². The molecule has 2 N–H and O–H groups in total. The zero-order valence-electron chi connectivity index (χ0n) is 10.0. The Labute approximate surface area is 104 Å². The number of nitrogens with one attached hydrogen (secondary N) is 1. The van der Waals surface area contributed by atoms with Crippen molar-refractivity contribution in [1.82, 2.24) is 5.32 Å². The maximum Gasteiger partial charge on any atom is 0.270 e. The van der Waals surface area contributed by atoms with Crippen LogP contribution in [0.1, 0.15) is 18.6 Å². The van der Waals surface area contributed by atoms with Crippen LogP contribution in [0.15, 0.2) is 18.2 Å². The SMILES string of the molecule is CNC(=O)COc1ccc([N+](=O)[O-])cc1[C@H](C)O. The molecule has 1 amide bonds. The van der Waals surface area contributed by atoms with Gasteiger partial charge < -0.3 is 15.2 Å². The van der Waals surface area contributed by atoms with E-state index >= 15 is 0 Å². The van der Waals surface area contributed by atoms with Gasteiger partial charge in [-0.3, -0.25) is 14.9 Å². The quantitative estimate of drug-likeness (QED) is 0.597. The van der Waals surface area contributed by atoms with E-state index in [0.29, 0.717) is 0 Å². The van der Waals surface area contributed by atoms with Gasteiger partial charge in [0.2, 0.25) is 0 Å². The van der Waals surface area contributed by atoms with Crippen molar-refractivity contribution < 1.29 is 19.6 Å². The van der Waals surface area contributed by atoms with Crippen molar-refractivity contribution in [3.63, 3.8) is 0 Å². The summed E-state index contributed by atoms with van der Waals surface area (Å²) in [6, 6.07) is 3.85. The summed E-state index contributed by atoms with van der Waals surface area (Å²) in [6.45, 7) is 1.25. The number of carbonyl (C=O) groups excluding carboxylic acids is 1. The summed E-state index contributed by atoms with van der Waals surface area (Å²) in [4.78, 5) is 21.1. The van der Waals surface area contributed by atoms with E-state index in [-0.39, 0.29) is 29.5 Å². The highest BCUT2D eigenvalue weighted by atomic mass is 16.6. The first-order valence-electron chi connectivity index (χ1n) is 5.25. The van der Waals surface area contributed by atoms with Crippen LogP contribution < -0.4 is 10.1 Å². The third-order valence-electron chi connectivity index (χ3n) is 2.29. The maximum absolute atomic E-state index is 11.0. The monoisotopic (exact) mass is 254 g/mol. The fraction of sp³-hybridized carbons (Fsp3) is 0.364. The summed E-state index contributed by atoms with van der Waals surface area (Å²) in [6.07, 6.45) is -0.926. The average molecular weight is 254 g/mol. The van der Waals surface area contributed by atoms with Crippen molar-refractivity contribution in [2.24, 2.45) is 0 Å². The predicted molar refractivity (Wildman–Crippen MR) is 63.3 cm³/mol. The molecule has 0 bridgehead atoms. The Balaban J connectivity index is 2.97. The van der Waals surface area contributed by atoms with Crippen molar-refractivity contribution in [2.75, 3.05) is 13.7 Å². The number of aliphatic hydroxyl groups excluding tert-OH is 1. The summed E-state index contributed by atoms with van der Waals surface area (Å²) < 4.78 is 5.19. The lowest BCUT2D eigenvalue weighted by Gasteiger charge is -2.12. The van der Waals surface area contributed by atoms with Crippen LogP contribution in [0.2, 0.25) is 0 Å². The molecular weight excluding hydrogens is 240 g/mol. The first-order chi connectivity index (χ1) is 8.45. The van der Waals surface area contributed by atoms with Crippen molar-refractivity contribution >= 4 is 11.6 Å². The van der Waals surface area contributed by atoms with Gasteiger partial charge in [0.05, 0.1) is 11.0 Å². The molecule has 1 aromatic carbocycles. The fourth-order valence-corrected chi connectivity index (χ4v) is 1.32. The topological polar surface area (TPSA) is 102 Å². The number of nitro benzene ring substituents is 1. The van der Waals surface area contributed by atoms with Crippen molar-refractivity contribution in [3.8, 4) is 5.75 Å². The number of carbonyl (C=O) groups is 1. The molecule has 0 radical (unpaired) electrons. The van der Waals surface area contributed by atoms with Gasteiger partial charge in [-0.2, -0.15) is 0 Å². The minimum Gasteiger partial charge on any atom is -0.483 e. The second-order valence-electron chi connectivity index (χ2n) is 3.62. The molecule has 98 valence electrons. The summed E-state index contributed by atoms with van der Waals surface area (Å²) >= 11 is 0. The molecule has 0 saturated heterocycles. The highest BCUT2D eigenvalue weighted by Gasteiger charge is 2.15. The zero-order chi connectivity index (χ0) is 13.7. The van der Waals surface area contributed by atoms with Gasteiger partial charge in [-0.05, 0) is 13.0 Å². The fourth-order valence-electron chi connectivity index (χ4n) is 1.32. The van der Waals surface area contributed by atoms with Crippen LogP contribution in [0.25, 0.3) is 0 Å². The van der Waals surface area contributed by atoms with Crippen molar-refractivity contribution in [1.29, 1.82) is 0 Å². The second kappa shape index (κ2) is 5.97. The van der Waals surface area contributed by atoms with Crippen LogP contribution >= 0.6 is 0 Å². The van der Waals surface area contributed by atoms with Crippen LogP contribution in [0.5, 0.6) is 5.75 Å². The van der Waals surface area contributed by atoms with Gasteiger partial charge in [-0.1, -0.05) is 0 Å². The molecule has 0 heterocycles. The first kappa shape index (κ1) is 13.9. The summed E-state index contributed by atoms with van der Waals surface area (Å²) in [5.41, 5.74) is 0.131. The molecule has 0 aliphatic heterocycles. The van der Waals surface area contributed by atoms with Gasteiger partial charge in [0, 0.05) is 24.7 Å². The van der Waals surface area contributed by atoms with E-state index in [1.807, 2.05) is 0 Å². The Bertz CT molecular complexity index is 459. The van der Waals surface area contributed by atoms with E-state index in [4.69, 9.17) is 4.74 Å². The van der Waals surface area contributed by atoms with Crippen molar-refractivity contribution in [2.45, 2.75) is 13.0 Å². The maximum atomic E-state index is 11.0. The van der Waals surface area contributed by atoms with Crippen LogP contribution in [0.3, 0.4) is 0 Å². The second-order valence-corrected chi connectivity index (χ2v) is 3.62. The van der Waals surface area contributed by atoms with Crippen LogP contribution in [-0.2, 0) is 4.79 Å². The first-order valence-corrected chi connectivity index (χ1v) is 5.25. The largest absolute Gasteiger partial charge is 0.483 e. The Morgan fingerprint density at radius 1 is 1.61 bits per heavy atom. The van der Waals surface area contributed by atoms with Gasteiger partial charge >= 0.3 is 0 Å². The lowest BCUT2D eigenvalue weighted by molar-refractivity contribution is -0.385. The lowest BCUT2D eigenvalue weighted by Crippen LogP contribution is -2.25. The van der Waals surface area contributed by atoms with Gasteiger partial charge in [0.25, 0.3) is 11.6 Å². The van der Waals surface area contributed by atoms with E-state index in [1.165, 1.54) is 32.2 Å². The molecular formula is C11H14N2O5. The number of aliphatic hydroxyl groups is 1. The minimum atomic E-state index is -0.926. The predicted octanol–water partition coefficient (Wildman–Crippen LogP) is 0.773. The number of nitrogens with zero attached hydrogens (tertiary/aromatic N) is 1. The normalized spacial score (nSPS) is 11.7.